The molecule has 0 heterocycles. The number of aromatic carboxylic acids is 1. The van der Waals surface area contributed by atoms with Crippen LogP contribution in [0.15, 0.2) is 42.5 Å². The summed E-state index contributed by atoms with van der Waals surface area (Å²) in [5, 5.41) is 39.3. The number of phenols is 3. The Balaban J connectivity index is 2.16. The summed E-state index contributed by atoms with van der Waals surface area (Å²) in [6.07, 6.45) is 2.50. The number of rotatable bonds is 4. The van der Waals surface area contributed by atoms with E-state index in [0.29, 0.717) is 5.56 Å². The standard InChI is InChI=1S/C16H13NO6/c18-10-3-4-11(16(22)23)12(8-10)17-15(21)6-2-9-1-5-13(19)14(20)7-9/h1-8,18-20H,(H,17,21)(H,22,23)/b6-2+. The molecule has 0 aromatic heterocycles. The third-order valence-electron chi connectivity index (χ3n) is 2.92. The summed E-state index contributed by atoms with van der Waals surface area (Å²) in [7, 11) is 0. The number of carboxylic acid groups (broad SMARTS) is 1. The molecule has 2 aromatic rings. The van der Waals surface area contributed by atoms with Crippen molar-refractivity contribution >= 4 is 23.6 Å². The van der Waals surface area contributed by atoms with E-state index < -0.39 is 11.9 Å². The highest BCUT2D eigenvalue weighted by molar-refractivity contribution is 6.06. The van der Waals surface area contributed by atoms with E-state index in [0.717, 1.165) is 12.1 Å². The van der Waals surface area contributed by atoms with Crippen LogP contribution in [0.1, 0.15) is 15.9 Å². The number of anilines is 1. The summed E-state index contributed by atoms with van der Waals surface area (Å²) < 4.78 is 0. The number of amides is 1. The molecular weight excluding hydrogens is 302 g/mol. The van der Waals surface area contributed by atoms with E-state index in [1.54, 1.807) is 0 Å². The highest BCUT2D eigenvalue weighted by Crippen LogP contribution is 2.25. The van der Waals surface area contributed by atoms with Crippen LogP contribution in [0.25, 0.3) is 6.08 Å². The number of aromatic hydroxyl groups is 3. The highest BCUT2D eigenvalue weighted by atomic mass is 16.4. The van der Waals surface area contributed by atoms with Crippen LogP contribution in [0.3, 0.4) is 0 Å². The SMILES string of the molecule is O=C(/C=C/c1ccc(O)c(O)c1)Nc1cc(O)ccc1C(=O)O. The quantitative estimate of drug-likeness (QED) is 0.434. The van der Waals surface area contributed by atoms with Gasteiger partial charge < -0.3 is 25.7 Å². The van der Waals surface area contributed by atoms with E-state index in [9.17, 15) is 24.9 Å². The maximum Gasteiger partial charge on any atom is 0.337 e. The summed E-state index contributed by atoms with van der Waals surface area (Å²) in [4.78, 5) is 22.9. The number of carbonyl (C=O) groups excluding carboxylic acids is 1. The molecule has 0 aliphatic carbocycles. The fourth-order valence-electron chi connectivity index (χ4n) is 1.81. The topological polar surface area (TPSA) is 127 Å². The van der Waals surface area contributed by atoms with Crippen molar-refractivity contribution in [1.82, 2.24) is 0 Å². The van der Waals surface area contributed by atoms with Gasteiger partial charge in [-0.25, -0.2) is 4.79 Å². The van der Waals surface area contributed by atoms with Crippen molar-refractivity contribution in [3.05, 3.63) is 53.6 Å². The van der Waals surface area contributed by atoms with Gasteiger partial charge in [0.15, 0.2) is 11.5 Å². The minimum Gasteiger partial charge on any atom is -0.508 e. The van der Waals surface area contributed by atoms with Crippen LogP contribution in [0.4, 0.5) is 5.69 Å². The molecule has 0 spiro atoms. The number of nitrogens with one attached hydrogen (secondary N) is 1. The molecule has 2 aromatic carbocycles. The zero-order chi connectivity index (χ0) is 17.0. The molecule has 5 N–H and O–H groups in total. The monoisotopic (exact) mass is 315 g/mol. The first-order valence-corrected chi connectivity index (χ1v) is 6.44. The molecule has 7 heteroatoms. The molecule has 0 saturated carbocycles. The lowest BCUT2D eigenvalue weighted by Crippen LogP contribution is -2.11. The van der Waals surface area contributed by atoms with Crippen LogP contribution in [0.5, 0.6) is 17.2 Å². The van der Waals surface area contributed by atoms with Gasteiger partial charge in [-0.3, -0.25) is 4.79 Å². The first-order valence-electron chi connectivity index (χ1n) is 6.44. The van der Waals surface area contributed by atoms with Gasteiger partial charge in [-0.2, -0.15) is 0 Å². The van der Waals surface area contributed by atoms with Gasteiger partial charge in [-0.05, 0) is 35.9 Å². The van der Waals surface area contributed by atoms with Crippen molar-refractivity contribution < 1.29 is 30.0 Å². The van der Waals surface area contributed by atoms with E-state index in [-0.39, 0.29) is 28.5 Å². The largest absolute Gasteiger partial charge is 0.508 e. The molecule has 0 aliphatic heterocycles. The van der Waals surface area contributed by atoms with Crippen LogP contribution in [-0.2, 0) is 4.79 Å². The minimum absolute atomic E-state index is 0.0410. The molecule has 2 rings (SSSR count). The van der Waals surface area contributed by atoms with Gasteiger partial charge >= 0.3 is 5.97 Å². The minimum atomic E-state index is -1.24. The molecule has 0 unspecified atom stereocenters. The third-order valence-corrected chi connectivity index (χ3v) is 2.92. The van der Waals surface area contributed by atoms with E-state index in [2.05, 4.69) is 5.32 Å². The predicted octanol–water partition coefficient (Wildman–Crippen LogP) is 2.15. The van der Waals surface area contributed by atoms with Crippen molar-refractivity contribution in [2.75, 3.05) is 5.32 Å². The third kappa shape index (κ3) is 4.01. The molecule has 0 radical (unpaired) electrons. The van der Waals surface area contributed by atoms with E-state index >= 15 is 0 Å². The Morgan fingerprint density at radius 2 is 1.70 bits per heavy atom. The smallest absolute Gasteiger partial charge is 0.337 e. The lowest BCUT2D eigenvalue weighted by molar-refractivity contribution is -0.111. The Bertz CT molecular complexity index is 797. The number of carbonyl (C=O) groups is 2. The fraction of sp³-hybridized carbons (Fsp3) is 0. The van der Waals surface area contributed by atoms with Crippen molar-refractivity contribution in [2.24, 2.45) is 0 Å². The van der Waals surface area contributed by atoms with Gasteiger partial charge in [0.25, 0.3) is 0 Å². The molecular formula is C16H13NO6. The van der Waals surface area contributed by atoms with Gasteiger partial charge in [0, 0.05) is 12.1 Å². The molecule has 7 nitrogen and oxygen atoms in total. The van der Waals surface area contributed by atoms with Gasteiger partial charge in [-0.15, -0.1) is 0 Å². The van der Waals surface area contributed by atoms with Gasteiger partial charge in [0.05, 0.1) is 11.3 Å². The van der Waals surface area contributed by atoms with Crippen molar-refractivity contribution in [2.45, 2.75) is 0 Å². The van der Waals surface area contributed by atoms with E-state index in [4.69, 9.17) is 5.11 Å². The normalized spacial score (nSPS) is 10.6. The van der Waals surface area contributed by atoms with Crippen LogP contribution in [-0.4, -0.2) is 32.3 Å². The van der Waals surface area contributed by atoms with Crippen molar-refractivity contribution in [3.63, 3.8) is 0 Å². The summed E-state index contributed by atoms with van der Waals surface area (Å²) >= 11 is 0. The zero-order valence-electron chi connectivity index (χ0n) is 11.7. The molecule has 0 saturated heterocycles. The Morgan fingerprint density at radius 1 is 0.957 bits per heavy atom. The Hall–Kier alpha value is -3.48. The number of phenolic OH excluding ortho intramolecular Hbond substituents is 3. The lowest BCUT2D eigenvalue weighted by Gasteiger charge is -2.07. The second kappa shape index (κ2) is 6.52. The average Bonchev–Trinajstić information content (AvgIpc) is 2.48. The van der Waals surface area contributed by atoms with Gasteiger partial charge in [0.2, 0.25) is 5.91 Å². The first kappa shape index (κ1) is 15.9. The summed E-state index contributed by atoms with van der Waals surface area (Å²) in [5.41, 5.74) is 0.261. The number of benzene rings is 2. The highest BCUT2D eigenvalue weighted by Gasteiger charge is 2.12. The number of hydrogen-bond acceptors (Lipinski definition) is 5. The molecule has 0 bridgehead atoms. The molecule has 23 heavy (non-hydrogen) atoms. The second-order valence-electron chi connectivity index (χ2n) is 4.61. The number of carboxylic acids is 1. The summed E-state index contributed by atoms with van der Waals surface area (Å²) in [6, 6.07) is 7.52. The first-order chi connectivity index (χ1) is 10.9. The van der Waals surface area contributed by atoms with Crippen LogP contribution in [0, 0.1) is 0 Å². The molecule has 0 atom stereocenters. The van der Waals surface area contributed by atoms with E-state index in [1.165, 1.54) is 36.4 Å². The molecule has 0 aliphatic rings. The lowest BCUT2D eigenvalue weighted by atomic mass is 10.1. The Kier molecular flexibility index (Phi) is 4.51. The summed E-state index contributed by atoms with van der Waals surface area (Å²) in [6.45, 7) is 0. The van der Waals surface area contributed by atoms with Crippen LogP contribution in [0.2, 0.25) is 0 Å². The molecule has 1 amide bonds. The Morgan fingerprint density at radius 3 is 2.35 bits per heavy atom. The molecule has 118 valence electrons. The van der Waals surface area contributed by atoms with Gasteiger partial charge in [-0.1, -0.05) is 6.07 Å². The van der Waals surface area contributed by atoms with Crippen LogP contribution >= 0.6 is 0 Å². The average molecular weight is 315 g/mol. The van der Waals surface area contributed by atoms with Crippen LogP contribution < -0.4 is 5.32 Å². The van der Waals surface area contributed by atoms with Gasteiger partial charge in [0.1, 0.15) is 5.75 Å². The van der Waals surface area contributed by atoms with E-state index in [1.807, 2.05) is 0 Å². The maximum absolute atomic E-state index is 11.8. The van der Waals surface area contributed by atoms with Crippen molar-refractivity contribution in [1.29, 1.82) is 0 Å². The van der Waals surface area contributed by atoms with Crippen molar-refractivity contribution in [3.8, 4) is 17.2 Å². The number of hydrogen-bond donors (Lipinski definition) is 5. The molecule has 0 fully saturated rings. The maximum atomic E-state index is 11.8. The Labute approximate surface area is 130 Å². The second-order valence-corrected chi connectivity index (χ2v) is 4.61. The zero-order valence-corrected chi connectivity index (χ0v) is 11.7. The summed E-state index contributed by atoms with van der Waals surface area (Å²) in [5.74, 6) is -2.65. The predicted molar refractivity (Wildman–Crippen MR) is 82.5 cm³/mol. The fourth-order valence-corrected chi connectivity index (χ4v) is 1.81.